The third-order valence-electron chi connectivity index (χ3n) is 2.53. The Hall–Kier alpha value is -0.950. The molecule has 18 heavy (non-hydrogen) atoms. The number of halogens is 2. The largest absolute Gasteiger partial charge is 0.320 e. The van der Waals surface area contributed by atoms with Crippen LogP contribution in [0.1, 0.15) is 22.2 Å². The van der Waals surface area contributed by atoms with Gasteiger partial charge in [-0.25, -0.2) is 4.39 Å². The minimum atomic E-state index is -0.324. The van der Waals surface area contributed by atoms with E-state index >= 15 is 0 Å². The highest BCUT2D eigenvalue weighted by Crippen LogP contribution is 2.23. The fourth-order valence-electron chi connectivity index (χ4n) is 1.59. The van der Waals surface area contributed by atoms with Gasteiger partial charge < -0.3 is 5.32 Å². The van der Waals surface area contributed by atoms with Gasteiger partial charge >= 0.3 is 0 Å². The molecule has 0 bridgehead atoms. The van der Waals surface area contributed by atoms with Gasteiger partial charge in [0.25, 0.3) is 5.91 Å². The highest BCUT2D eigenvalue weighted by Gasteiger charge is 2.14. The van der Waals surface area contributed by atoms with E-state index in [2.05, 4.69) is 5.32 Å². The van der Waals surface area contributed by atoms with E-state index in [9.17, 15) is 9.18 Å². The summed E-state index contributed by atoms with van der Waals surface area (Å²) in [4.78, 5) is 12.8. The number of thiophene rings is 1. The molecule has 0 aliphatic rings. The number of nitrogens with one attached hydrogen (secondary N) is 1. The van der Waals surface area contributed by atoms with E-state index in [1.54, 1.807) is 12.1 Å². The molecule has 2 aromatic rings. The van der Waals surface area contributed by atoms with Gasteiger partial charge in [0, 0.05) is 0 Å². The van der Waals surface area contributed by atoms with Crippen LogP contribution in [-0.2, 0) is 6.42 Å². The average molecular weight is 375 g/mol. The summed E-state index contributed by atoms with van der Waals surface area (Å²) >= 11 is 3.29. The summed E-state index contributed by atoms with van der Waals surface area (Å²) in [6, 6.07) is 6.60. The van der Waals surface area contributed by atoms with Gasteiger partial charge in [0.05, 0.1) is 14.1 Å². The molecule has 5 heteroatoms. The quantitative estimate of drug-likeness (QED) is 0.797. The van der Waals surface area contributed by atoms with Crippen LogP contribution in [0.15, 0.2) is 29.6 Å². The van der Waals surface area contributed by atoms with Gasteiger partial charge in [0.15, 0.2) is 0 Å². The van der Waals surface area contributed by atoms with Crippen LogP contribution in [0.2, 0.25) is 0 Å². The molecule has 2 nitrogen and oxygen atoms in total. The van der Waals surface area contributed by atoms with Crippen molar-refractivity contribution in [1.82, 2.24) is 0 Å². The van der Waals surface area contributed by atoms with Crippen molar-refractivity contribution >= 4 is 45.5 Å². The zero-order valence-electron chi connectivity index (χ0n) is 9.67. The van der Waals surface area contributed by atoms with Crippen LogP contribution in [-0.4, -0.2) is 5.91 Å². The lowest BCUT2D eigenvalue weighted by Gasteiger charge is -2.07. The van der Waals surface area contributed by atoms with Crippen LogP contribution in [0.3, 0.4) is 0 Å². The molecule has 1 aromatic carbocycles. The SMILES string of the molecule is CCc1ccsc1C(=O)Nc1cccc(F)c1I. The molecule has 0 aliphatic carbocycles. The van der Waals surface area contributed by atoms with Gasteiger partial charge in [-0.1, -0.05) is 13.0 Å². The second-order valence-corrected chi connectivity index (χ2v) is 5.68. The lowest BCUT2D eigenvalue weighted by atomic mass is 10.2. The smallest absolute Gasteiger partial charge is 0.266 e. The van der Waals surface area contributed by atoms with E-state index in [0.717, 1.165) is 12.0 Å². The number of carbonyl (C=O) groups excluding carboxylic acids is 1. The first kappa shape index (κ1) is 13.5. The molecule has 94 valence electrons. The fourth-order valence-corrected chi connectivity index (χ4v) is 2.98. The normalized spacial score (nSPS) is 10.4. The van der Waals surface area contributed by atoms with Crippen LogP contribution >= 0.6 is 33.9 Å². The van der Waals surface area contributed by atoms with Crippen molar-refractivity contribution < 1.29 is 9.18 Å². The van der Waals surface area contributed by atoms with E-state index in [0.29, 0.717) is 14.1 Å². The molecule has 1 amide bonds. The molecule has 0 radical (unpaired) electrons. The number of anilines is 1. The Kier molecular flexibility index (Phi) is 4.34. The first-order valence-corrected chi connectivity index (χ1v) is 7.41. The van der Waals surface area contributed by atoms with Crippen LogP contribution in [0.25, 0.3) is 0 Å². The molecule has 0 saturated carbocycles. The Balaban J connectivity index is 2.24. The summed E-state index contributed by atoms with van der Waals surface area (Å²) in [7, 11) is 0. The summed E-state index contributed by atoms with van der Waals surface area (Å²) in [6.45, 7) is 2.00. The van der Waals surface area contributed by atoms with E-state index in [-0.39, 0.29) is 11.7 Å². The molecule has 0 unspecified atom stereocenters. The molecule has 1 heterocycles. The zero-order chi connectivity index (χ0) is 13.1. The maximum absolute atomic E-state index is 13.4. The molecule has 0 spiro atoms. The maximum atomic E-state index is 13.4. The highest BCUT2D eigenvalue weighted by atomic mass is 127. The van der Waals surface area contributed by atoms with Crippen molar-refractivity contribution in [2.75, 3.05) is 5.32 Å². The number of aryl methyl sites for hydroxylation is 1. The number of carbonyl (C=O) groups is 1. The lowest BCUT2D eigenvalue weighted by Crippen LogP contribution is -2.13. The van der Waals surface area contributed by atoms with Gasteiger partial charge in [-0.05, 0) is 58.2 Å². The molecule has 1 N–H and O–H groups in total. The average Bonchev–Trinajstić information content (AvgIpc) is 2.83. The van der Waals surface area contributed by atoms with Crippen LogP contribution < -0.4 is 5.32 Å². The first-order chi connectivity index (χ1) is 8.63. The Morgan fingerprint density at radius 1 is 1.44 bits per heavy atom. The standard InChI is InChI=1S/C13H11FINOS/c1-2-8-6-7-18-12(8)13(17)16-10-5-3-4-9(14)11(10)15/h3-7H,2H2,1H3,(H,16,17). The van der Waals surface area contributed by atoms with Crippen molar-refractivity contribution in [1.29, 1.82) is 0 Å². The Bertz CT molecular complexity index is 582. The molecule has 0 fully saturated rings. The molecule has 1 aromatic heterocycles. The van der Waals surface area contributed by atoms with Crippen LogP contribution in [0.5, 0.6) is 0 Å². The second kappa shape index (κ2) is 5.79. The van der Waals surface area contributed by atoms with Crippen molar-refractivity contribution in [3.05, 3.63) is 49.5 Å². The van der Waals surface area contributed by atoms with Crippen molar-refractivity contribution in [2.24, 2.45) is 0 Å². The molecular formula is C13H11FINOS. The molecular weight excluding hydrogens is 364 g/mol. The van der Waals surface area contributed by atoms with Crippen LogP contribution in [0, 0.1) is 9.39 Å². The number of benzene rings is 1. The minimum Gasteiger partial charge on any atom is -0.320 e. The minimum absolute atomic E-state index is 0.176. The maximum Gasteiger partial charge on any atom is 0.266 e. The fraction of sp³-hybridized carbons (Fsp3) is 0.154. The van der Waals surface area contributed by atoms with Gasteiger partial charge in [0.1, 0.15) is 5.82 Å². The van der Waals surface area contributed by atoms with Crippen molar-refractivity contribution in [3.8, 4) is 0 Å². The number of amides is 1. The predicted octanol–water partition coefficient (Wildman–Crippen LogP) is 4.31. The molecule has 2 rings (SSSR count). The summed E-state index contributed by atoms with van der Waals surface area (Å²) in [5.41, 5.74) is 1.53. The van der Waals surface area contributed by atoms with Gasteiger partial charge in [-0.2, -0.15) is 0 Å². The monoisotopic (exact) mass is 375 g/mol. The first-order valence-electron chi connectivity index (χ1n) is 5.45. The Morgan fingerprint density at radius 2 is 2.22 bits per heavy atom. The summed E-state index contributed by atoms with van der Waals surface area (Å²) in [6.07, 6.45) is 0.812. The van der Waals surface area contributed by atoms with Crippen LogP contribution in [0.4, 0.5) is 10.1 Å². The Morgan fingerprint density at radius 3 is 2.94 bits per heavy atom. The summed E-state index contributed by atoms with van der Waals surface area (Å²) in [5.74, 6) is -0.499. The van der Waals surface area contributed by atoms with Crippen molar-refractivity contribution in [3.63, 3.8) is 0 Å². The second-order valence-electron chi connectivity index (χ2n) is 3.68. The third-order valence-corrected chi connectivity index (χ3v) is 4.59. The highest BCUT2D eigenvalue weighted by molar-refractivity contribution is 14.1. The van der Waals surface area contributed by atoms with Crippen molar-refractivity contribution in [2.45, 2.75) is 13.3 Å². The van der Waals surface area contributed by atoms with E-state index in [1.807, 2.05) is 41.0 Å². The van der Waals surface area contributed by atoms with E-state index < -0.39 is 0 Å². The molecule has 0 saturated heterocycles. The van der Waals surface area contributed by atoms with Gasteiger partial charge in [0.2, 0.25) is 0 Å². The Labute approximate surface area is 122 Å². The number of hydrogen-bond acceptors (Lipinski definition) is 2. The zero-order valence-corrected chi connectivity index (χ0v) is 12.6. The summed E-state index contributed by atoms with van der Waals surface area (Å²) in [5, 5.41) is 4.65. The van der Waals surface area contributed by atoms with Gasteiger partial charge in [-0.3, -0.25) is 4.79 Å². The van der Waals surface area contributed by atoms with Gasteiger partial charge in [-0.15, -0.1) is 11.3 Å². The van der Waals surface area contributed by atoms with E-state index in [4.69, 9.17) is 0 Å². The van der Waals surface area contributed by atoms with E-state index in [1.165, 1.54) is 17.4 Å². The predicted molar refractivity (Wildman–Crippen MR) is 80.8 cm³/mol. The topological polar surface area (TPSA) is 29.1 Å². The third kappa shape index (κ3) is 2.72. The molecule has 0 aliphatic heterocycles. The number of hydrogen-bond donors (Lipinski definition) is 1. The molecule has 0 atom stereocenters. The number of rotatable bonds is 3. The lowest BCUT2D eigenvalue weighted by molar-refractivity contribution is 0.102. The summed E-state index contributed by atoms with van der Waals surface area (Å²) < 4.78 is 13.8.